The van der Waals surface area contributed by atoms with E-state index in [1.165, 1.54) is 28.4 Å². The first-order valence-corrected chi connectivity index (χ1v) is 15.3. The Morgan fingerprint density at radius 3 is 2.38 bits per heavy atom. The topological polar surface area (TPSA) is 126 Å². The van der Waals surface area contributed by atoms with Gasteiger partial charge in [0, 0.05) is 26.1 Å². The monoisotopic (exact) mass is 576 g/mol. The summed E-state index contributed by atoms with van der Waals surface area (Å²) in [4.78, 5) is 14.7. The van der Waals surface area contributed by atoms with Gasteiger partial charge in [-0.25, -0.2) is 13.2 Å². The Bertz CT molecular complexity index is 1180. The van der Waals surface area contributed by atoms with Gasteiger partial charge in [0.15, 0.2) is 0 Å². The molecule has 1 aliphatic carbocycles. The number of sulfonamides is 1. The Kier molecular flexibility index (Phi) is 10.7. The molecule has 220 valence electrons. The van der Waals surface area contributed by atoms with Crippen LogP contribution in [-0.2, 0) is 25.9 Å². The van der Waals surface area contributed by atoms with E-state index in [2.05, 4.69) is 0 Å². The van der Waals surface area contributed by atoms with Gasteiger partial charge in [-0.2, -0.15) is 4.31 Å². The van der Waals surface area contributed by atoms with Gasteiger partial charge in [-0.15, -0.1) is 0 Å². The van der Waals surface area contributed by atoms with Crippen molar-refractivity contribution in [2.45, 2.75) is 55.6 Å². The SMILES string of the molecule is COc1ccc(S(=O)(=O)N(CC2CCCC2)C[C@@H](O)CN(CCc2ccc(O)cc2)C(=O)O[C@H]2CCOC2)cc1. The van der Waals surface area contributed by atoms with E-state index in [1.807, 2.05) is 0 Å². The van der Waals surface area contributed by atoms with Crippen molar-refractivity contribution in [2.75, 3.05) is 46.5 Å². The minimum atomic E-state index is -3.90. The highest BCUT2D eigenvalue weighted by Gasteiger charge is 2.32. The van der Waals surface area contributed by atoms with E-state index in [0.717, 1.165) is 31.2 Å². The van der Waals surface area contributed by atoms with Crippen LogP contribution in [0.2, 0.25) is 0 Å². The lowest BCUT2D eigenvalue weighted by Crippen LogP contribution is -2.46. The molecular formula is C29H40N2O8S. The maximum atomic E-state index is 13.7. The lowest BCUT2D eigenvalue weighted by atomic mass is 10.1. The molecule has 0 bridgehead atoms. The van der Waals surface area contributed by atoms with Gasteiger partial charge in [0.25, 0.3) is 0 Å². The lowest BCUT2D eigenvalue weighted by Gasteiger charge is -2.30. The second kappa shape index (κ2) is 14.2. The molecule has 40 heavy (non-hydrogen) atoms. The molecule has 2 N–H and O–H groups in total. The van der Waals surface area contributed by atoms with E-state index in [9.17, 15) is 23.4 Å². The van der Waals surface area contributed by atoms with Crippen molar-refractivity contribution in [1.82, 2.24) is 9.21 Å². The number of aliphatic hydroxyl groups is 1. The number of nitrogens with zero attached hydrogens (tertiary/aromatic N) is 2. The van der Waals surface area contributed by atoms with Crippen molar-refractivity contribution in [3.63, 3.8) is 0 Å². The summed E-state index contributed by atoms with van der Waals surface area (Å²) in [6.07, 6.45) is 3.02. The number of hydrogen-bond donors (Lipinski definition) is 2. The summed E-state index contributed by atoms with van der Waals surface area (Å²) in [6.45, 7) is 1.16. The lowest BCUT2D eigenvalue weighted by molar-refractivity contribution is 0.0372. The van der Waals surface area contributed by atoms with Crippen LogP contribution < -0.4 is 4.74 Å². The van der Waals surface area contributed by atoms with Crippen LogP contribution in [0.1, 0.15) is 37.7 Å². The summed E-state index contributed by atoms with van der Waals surface area (Å²) in [5, 5.41) is 20.7. The number of aliphatic hydroxyl groups excluding tert-OH is 1. The Hall–Kier alpha value is -2.86. The number of methoxy groups -OCH3 is 1. The molecule has 2 aliphatic rings. The average Bonchev–Trinajstić information content (AvgIpc) is 3.66. The number of rotatable bonds is 13. The van der Waals surface area contributed by atoms with E-state index in [4.69, 9.17) is 14.2 Å². The summed E-state index contributed by atoms with van der Waals surface area (Å²) in [6, 6.07) is 12.9. The predicted molar refractivity (Wildman–Crippen MR) is 149 cm³/mol. The largest absolute Gasteiger partial charge is 0.508 e. The molecule has 1 saturated carbocycles. The number of carbonyl (C=O) groups excluding carboxylic acids is 1. The number of carbonyl (C=O) groups is 1. The zero-order valence-corrected chi connectivity index (χ0v) is 23.8. The summed E-state index contributed by atoms with van der Waals surface area (Å²) in [5.74, 6) is 0.923. The molecule has 2 aromatic rings. The highest BCUT2D eigenvalue weighted by atomic mass is 32.2. The molecule has 4 rings (SSSR count). The van der Waals surface area contributed by atoms with Gasteiger partial charge in [0.05, 0.1) is 37.9 Å². The number of phenolic OH excluding ortho intramolecular Hbond substituents is 1. The second-order valence-electron chi connectivity index (χ2n) is 10.5. The molecule has 11 heteroatoms. The van der Waals surface area contributed by atoms with Gasteiger partial charge >= 0.3 is 6.09 Å². The Labute approximate surface area is 236 Å². The molecule has 2 aromatic carbocycles. The van der Waals surface area contributed by atoms with E-state index in [1.54, 1.807) is 36.4 Å². The van der Waals surface area contributed by atoms with Gasteiger partial charge < -0.3 is 29.3 Å². The maximum absolute atomic E-state index is 13.7. The van der Waals surface area contributed by atoms with Crippen molar-refractivity contribution < 1.29 is 37.6 Å². The maximum Gasteiger partial charge on any atom is 0.410 e. The average molecular weight is 577 g/mol. The fraction of sp³-hybridized carbons (Fsp3) is 0.552. The minimum absolute atomic E-state index is 0.0935. The summed E-state index contributed by atoms with van der Waals surface area (Å²) < 4.78 is 44.8. The van der Waals surface area contributed by atoms with Crippen LogP contribution in [0, 0.1) is 5.92 Å². The molecule has 0 unspecified atom stereocenters. The fourth-order valence-corrected chi connectivity index (χ4v) is 6.76. The fourth-order valence-electron chi connectivity index (χ4n) is 5.20. The van der Waals surface area contributed by atoms with Crippen LogP contribution in [0.15, 0.2) is 53.4 Å². The molecular weight excluding hydrogens is 536 g/mol. The second-order valence-corrected chi connectivity index (χ2v) is 12.5. The van der Waals surface area contributed by atoms with Crippen LogP contribution in [0.25, 0.3) is 0 Å². The molecule has 0 aromatic heterocycles. The van der Waals surface area contributed by atoms with Crippen LogP contribution in [0.5, 0.6) is 11.5 Å². The first-order chi connectivity index (χ1) is 19.2. The third kappa shape index (κ3) is 8.33. The molecule has 1 amide bonds. The molecule has 2 atom stereocenters. The zero-order valence-electron chi connectivity index (χ0n) is 23.0. The number of amides is 1. The van der Waals surface area contributed by atoms with Crippen LogP contribution in [-0.4, -0.2) is 92.6 Å². The van der Waals surface area contributed by atoms with Crippen molar-refractivity contribution in [3.8, 4) is 11.5 Å². The number of phenols is 1. The van der Waals surface area contributed by atoms with Gasteiger partial charge in [-0.3, -0.25) is 0 Å². The number of aromatic hydroxyl groups is 1. The van der Waals surface area contributed by atoms with Gasteiger partial charge in [-0.1, -0.05) is 25.0 Å². The third-order valence-electron chi connectivity index (χ3n) is 7.50. The van der Waals surface area contributed by atoms with Crippen molar-refractivity contribution >= 4 is 16.1 Å². The Balaban J connectivity index is 1.48. The van der Waals surface area contributed by atoms with Crippen LogP contribution >= 0.6 is 0 Å². The molecule has 1 aliphatic heterocycles. The highest BCUT2D eigenvalue weighted by Crippen LogP contribution is 2.28. The summed E-state index contributed by atoms with van der Waals surface area (Å²) in [5.41, 5.74) is 0.902. The van der Waals surface area contributed by atoms with E-state index < -0.39 is 22.2 Å². The van der Waals surface area contributed by atoms with Gasteiger partial charge in [0.2, 0.25) is 10.0 Å². The van der Waals surface area contributed by atoms with Crippen molar-refractivity contribution in [2.24, 2.45) is 5.92 Å². The number of ether oxygens (including phenoxy) is 3. The Morgan fingerprint density at radius 1 is 1.05 bits per heavy atom. The van der Waals surface area contributed by atoms with Crippen molar-refractivity contribution in [1.29, 1.82) is 0 Å². The normalized spacial score (nSPS) is 18.6. The molecule has 1 heterocycles. The third-order valence-corrected chi connectivity index (χ3v) is 9.35. The van der Waals surface area contributed by atoms with Crippen LogP contribution in [0.4, 0.5) is 4.79 Å². The molecule has 10 nitrogen and oxygen atoms in total. The standard InChI is InChI=1S/C29H40N2O8S/c1-37-26-10-12-28(13-11-26)40(35,36)31(18-23-4-2-3-5-23)20-25(33)19-30(29(34)39-27-15-17-38-21-27)16-14-22-6-8-24(32)9-7-22/h6-13,23,25,27,32-33H,2-5,14-21H2,1H3/t25-,27-/m0/s1. The predicted octanol–water partition coefficient (Wildman–Crippen LogP) is 3.41. The van der Waals surface area contributed by atoms with E-state index in [0.29, 0.717) is 38.3 Å². The summed E-state index contributed by atoms with van der Waals surface area (Å²) >= 11 is 0. The molecule has 2 fully saturated rings. The zero-order chi connectivity index (χ0) is 28.5. The molecule has 0 spiro atoms. The number of hydrogen-bond acceptors (Lipinski definition) is 8. The van der Waals surface area contributed by atoms with Crippen molar-refractivity contribution in [3.05, 3.63) is 54.1 Å². The molecule has 0 radical (unpaired) electrons. The quantitative estimate of drug-likeness (QED) is 0.372. The smallest absolute Gasteiger partial charge is 0.410 e. The highest BCUT2D eigenvalue weighted by molar-refractivity contribution is 7.89. The summed E-state index contributed by atoms with van der Waals surface area (Å²) in [7, 11) is -2.38. The van der Waals surface area contributed by atoms with Gasteiger partial charge in [0.1, 0.15) is 17.6 Å². The first kappa shape index (κ1) is 30.1. The molecule has 1 saturated heterocycles. The number of benzene rings is 2. The van der Waals surface area contributed by atoms with E-state index >= 15 is 0 Å². The van der Waals surface area contributed by atoms with Gasteiger partial charge in [-0.05, 0) is 67.1 Å². The van der Waals surface area contributed by atoms with Crippen LogP contribution in [0.3, 0.4) is 0 Å². The minimum Gasteiger partial charge on any atom is -0.508 e. The first-order valence-electron chi connectivity index (χ1n) is 13.9. The Morgan fingerprint density at radius 2 is 1.75 bits per heavy atom. The van der Waals surface area contributed by atoms with E-state index in [-0.39, 0.29) is 42.3 Å².